The van der Waals surface area contributed by atoms with Crippen LogP contribution < -0.4 is 62.2 Å². The van der Waals surface area contributed by atoms with Crippen LogP contribution in [0.15, 0.2) is 315 Å². The normalized spacial score (nSPS) is 13.2. The summed E-state index contributed by atoms with van der Waals surface area (Å²) in [6, 6.07) is 104. The zero-order valence-electron chi connectivity index (χ0n) is 49.8. The van der Waals surface area contributed by atoms with Crippen LogP contribution in [0.3, 0.4) is 0 Å². The summed E-state index contributed by atoms with van der Waals surface area (Å²) in [5, 5.41) is 0. The number of para-hydroxylation sites is 8. The second-order valence-electron chi connectivity index (χ2n) is 23.7. The van der Waals surface area contributed by atoms with E-state index in [1.807, 2.05) is 97.1 Å². The van der Waals surface area contributed by atoms with Gasteiger partial charge in [0, 0.05) is 96.6 Å². The third-order valence-electron chi connectivity index (χ3n) is 18.5. The van der Waals surface area contributed by atoms with Crippen LogP contribution in [0.2, 0.25) is 0 Å². The van der Waals surface area contributed by atoms with Crippen LogP contribution >= 0.6 is 0 Å². The summed E-state index contributed by atoms with van der Waals surface area (Å²) in [7, 11) is 0. The predicted octanol–water partition coefficient (Wildman–Crippen LogP) is 18.7. The van der Waals surface area contributed by atoms with E-state index in [1.54, 1.807) is 24.3 Å². The summed E-state index contributed by atoms with van der Waals surface area (Å²) in [6.07, 6.45) is -7.33. The highest BCUT2D eigenvalue weighted by Crippen LogP contribution is 2.53. The standard InChI is InChI=1S/C80H53B2F5N6/c83-79(84)53-39-43-61(44-40-53)92-71-52-72-68(51-67(71)81-65-35-19-21-37-69(65)90(59-31-15-5-16-32-59)73-47-63(49-75(92)77(73)81)88(55-23-7-1-8-24-55)56-25-9-2-10-26-56)82-66-36-20-22-38-70(66)91(60-33-17-6-18-34-60)74-48-64(89(57-27-11-3-12-28-57)58-29-13-4-14-30-58)50-76(78(74)82)93(72)62-45-41-54(42-46-62)80(85,86)87/h1-52,79H. The summed E-state index contributed by atoms with van der Waals surface area (Å²) >= 11 is 0. The number of hydrogen-bond acceptors (Lipinski definition) is 6. The van der Waals surface area contributed by atoms with Crippen LogP contribution in [0, 0.1) is 0 Å². The summed E-state index contributed by atoms with van der Waals surface area (Å²) in [5.41, 5.74) is 20.4. The van der Waals surface area contributed by atoms with Crippen molar-refractivity contribution in [2.24, 2.45) is 0 Å². The second kappa shape index (κ2) is 22.1. The Hall–Kier alpha value is -11.6. The Morgan fingerprint density at radius 2 is 0.570 bits per heavy atom. The van der Waals surface area contributed by atoms with E-state index in [2.05, 4.69) is 199 Å². The number of alkyl halides is 5. The maximum atomic E-state index is 14.9. The van der Waals surface area contributed by atoms with Crippen molar-refractivity contribution in [2.75, 3.05) is 29.4 Å². The molecular weight excluding hydrogens is 1160 g/mol. The van der Waals surface area contributed by atoms with Gasteiger partial charge in [-0.25, -0.2) is 8.78 Å². The summed E-state index contributed by atoms with van der Waals surface area (Å²) in [5.74, 6) is 0. The molecule has 13 aromatic carbocycles. The summed E-state index contributed by atoms with van der Waals surface area (Å²) < 4.78 is 74.5. The van der Waals surface area contributed by atoms with Gasteiger partial charge in [-0.3, -0.25) is 0 Å². The zero-order valence-corrected chi connectivity index (χ0v) is 49.8. The third-order valence-corrected chi connectivity index (χ3v) is 18.5. The minimum atomic E-state index is -4.61. The molecule has 0 atom stereocenters. The molecule has 0 amide bonds. The molecule has 4 aliphatic heterocycles. The Balaban J connectivity index is 1.01. The molecule has 0 aromatic heterocycles. The highest BCUT2D eigenvalue weighted by molar-refractivity contribution is 7.03. The Morgan fingerprint density at radius 3 is 0.914 bits per heavy atom. The van der Waals surface area contributed by atoms with Gasteiger partial charge < -0.3 is 29.4 Å². The molecule has 0 aliphatic carbocycles. The number of halogens is 5. The van der Waals surface area contributed by atoms with Gasteiger partial charge in [0.1, 0.15) is 0 Å². The van der Waals surface area contributed by atoms with Crippen molar-refractivity contribution in [2.45, 2.75) is 12.6 Å². The first-order chi connectivity index (χ1) is 45.6. The summed E-state index contributed by atoms with van der Waals surface area (Å²) in [4.78, 5) is 13.5. The molecule has 4 aliphatic rings. The monoisotopic (exact) mass is 1210 g/mol. The molecule has 0 bridgehead atoms. The predicted molar refractivity (Wildman–Crippen MR) is 374 cm³/mol. The maximum absolute atomic E-state index is 14.9. The highest BCUT2D eigenvalue weighted by atomic mass is 19.4. The molecule has 6 nitrogen and oxygen atoms in total. The van der Waals surface area contributed by atoms with E-state index in [0.29, 0.717) is 11.4 Å². The number of fused-ring (bicyclic) bond motifs is 8. The van der Waals surface area contributed by atoms with E-state index >= 15 is 0 Å². The van der Waals surface area contributed by atoms with Crippen molar-refractivity contribution in [3.63, 3.8) is 0 Å². The van der Waals surface area contributed by atoms with Gasteiger partial charge in [0.2, 0.25) is 0 Å². The molecule has 4 heterocycles. The van der Waals surface area contributed by atoms with Crippen molar-refractivity contribution in [1.82, 2.24) is 0 Å². The Bertz CT molecular complexity index is 4900. The van der Waals surface area contributed by atoms with Gasteiger partial charge in [-0.1, -0.05) is 164 Å². The van der Waals surface area contributed by atoms with Crippen LogP contribution in [0.4, 0.5) is 124 Å². The van der Waals surface area contributed by atoms with Gasteiger partial charge in [0.25, 0.3) is 19.9 Å². The van der Waals surface area contributed by atoms with Crippen molar-refractivity contribution < 1.29 is 22.0 Å². The van der Waals surface area contributed by atoms with Crippen molar-refractivity contribution in [1.29, 1.82) is 0 Å². The molecule has 0 fully saturated rings. The molecule has 0 spiro atoms. The number of benzene rings is 13. The third kappa shape index (κ3) is 9.16. The lowest BCUT2D eigenvalue weighted by atomic mass is 9.30. The zero-order chi connectivity index (χ0) is 62.5. The van der Waals surface area contributed by atoms with Crippen molar-refractivity contribution >= 4 is 149 Å². The first-order valence-corrected chi connectivity index (χ1v) is 31.0. The molecule has 0 unspecified atom stereocenters. The number of rotatable bonds is 11. The lowest BCUT2D eigenvalue weighted by molar-refractivity contribution is -0.137. The van der Waals surface area contributed by atoms with Crippen molar-refractivity contribution in [3.8, 4) is 0 Å². The molecule has 93 heavy (non-hydrogen) atoms. The van der Waals surface area contributed by atoms with Gasteiger partial charge in [0.15, 0.2) is 0 Å². The van der Waals surface area contributed by atoms with Gasteiger partial charge >= 0.3 is 6.18 Å². The van der Waals surface area contributed by atoms with E-state index in [4.69, 9.17) is 0 Å². The van der Waals surface area contributed by atoms with Gasteiger partial charge in [-0.15, -0.1) is 0 Å². The largest absolute Gasteiger partial charge is 0.416 e. The minimum absolute atomic E-state index is 0.115. The average molecular weight is 1210 g/mol. The molecule has 13 heteroatoms. The van der Waals surface area contributed by atoms with Crippen molar-refractivity contribution in [3.05, 3.63) is 327 Å². The van der Waals surface area contributed by atoms with Crippen LogP contribution in [-0.2, 0) is 6.18 Å². The highest BCUT2D eigenvalue weighted by Gasteiger charge is 2.49. The lowest BCUT2D eigenvalue weighted by Gasteiger charge is -2.48. The maximum Gasteiger partial charge on any atom is 0.416 e. The van der Waals surface area contributed by atoms with Gasteiger partial charge in [-0.05, 0) is 184 Å². The Kier molecular flexibility index (Phi) is 13.2. The first-order valence-electron chi connectivity index (χ1n) is 31.0. The smallest absolute Gasteiger partial charge is 0.311 e. The molecule has 0 saturated carbocycles. The molecule has 0 N–H and O–H groups in total. The van der Waals surface area contributed by atoms with E-state index in [9.17, 15) is 22.0 Å². The fraction of sp³-hybridized carbons (Fsp3) is 0.0250. The van der Waals surface area contributed by atoms with Crippen LogP contribution in [0.1, 0.15) is 17.6 Å². The fourth-order valence-corrected chi connectivity index (χ4v) is 14.7. The van der Waals surface area contributed by atoms with E-state index < -0.39 is 31.6 Å². The number of anilines is 18. The molecule has 13 aromatic rings. The molecule has 0 radical (unpaired) electrons. The average Bonchev–Trinajstić information content (AvgIpc) is 0.689. The second-order valence-corrected chi connectivity index (χ2v) is 23.7. The van der Waals surface area contributed by atoms with E-state index in [1.165, 1.54) is 24.3 Å². The van der Waals surface area contributed by atoms with Gasteiger partial charge in [0.05, 0.1) is 16.9 Å². The number of nitrogens with zero attached hydrogens (tertiary/aromatic N) is 6. The van der Waals surface area contributed by atoms with Crippen LogP contribution in [0.5, 0.6) is 0 Å². The number of hydrogen-bond donors (Lipinski definition) is 0. The summed E-state index contributed by atoms with van der Waals surface area (Å²) in [6.45, 7) is -0.841. The lowest BCUT2D eigenvalue weighted by Crippen LogP contribution is -2.65. The quantitative estimate of drug-likeness (QED) is 0.0943. The Morgan fingerprint density at radius 1 is 0.269 bits per heavy atom. The molecule has 444 valence electrons. The topological polar surface area (TPSA) is 19.4 Å². The minimum Gasteiger partial charge on any atom is -0.311 e. The van der Waals surface area contributed by atoms with Crippen LogP contribution in [0.25, 0.3) is 0 Å². The van der Waals surface area contributed by atoms with E-state index in [-0.39, 0.29) is 5.56 Å². The van der Waals surface area contributed by atoms with Crippen LogP contribution in [-0.4, -0.2) is 13.4 Å². The fourth-order valence-electron chi connectivity index (χ4n) is 14.7. The Labute approximate surface area is 536 Å². The van der Waals surface area contributed by atoms with Gasteiger partial charge in [-0.2, -0.15) is 13.2 Å². The molecule has 0 saturated heterocycles. The molecular formula is C80H53B2F5N6. The SMILES string of the molecule is FC(F)c1ccc(N2c3cc4c(cc3B3c5ccccc5N(c5ccccc5)c5cc(N(c6ccccc6)c6ccccc6)cc2c53)B2c3ccccc3N(c3ccccc3)c3cc(N(c5ccccc5)c5ccccc5)cc(c32)N4c2ccc(C(F)(F)F)cc2)cc1. The van der Waals surface area contributed by atoms with E-state index in [0.717, 1.165) is 124 Å². The first kappa shape index (κ1) is 55.5. The molecule has 17 rings (SSSR count).